The third-order valence-electron chi connectivity index (χ3n) is 11.3. The number of Topliss-reactive ketones (excluding diaryl/α,β-unsaturated/α-hetero) is 1. The summed E-state index contributed by atoms with van der Waals surface area (Å²) in [6, 6.07) is -4.44. The van der Waals surface area contributed by atoms with Crippen LogP contribution in [-0.4, -0.2) is 108 Å². The molecule has 0 radical (unpaired) electrons. The molecule has 54 heavy (non-hydrogen) atoms. The van der Waals surface area contributed by atoms with Crippen molar-refractivity contribution >= 4 is 41.5 Å². The van der Waals surface area contributed by atoms with Crippen LogP contribution in [0, 0.1) is 16.2 Å². The number of nitrogens with zero attached hydrogens (tertiary/aromatic N) is 2. The Labute approximate surface area is 320 Å². The number of likely N-dealkylation sites (tertiary alicyclic amines) is 2. The molecule has 2 heterocycles. The second-order valence-electron chi connectivity index (χ2n) is 17.5. The molecule has 7 amide bonds. The topological polar surface area (TPSA) is 209 Å². The Morgan fingerprint density at radius 1 is 1.02 bits per heavy atom. The molecule has 1 unspecified atom stereocenters. The van der Waals surface area contributed by atoms with Crippen molar-refractivity contribution in [1.82, 2.24) is 31.1 Å². The van der Waals surface area contributed by atoms with Crippen LogP contribution in [0.4, 0.5) is 9.59 Å². The van der Waals surface area contributed by atoms with Crippen LogP contribution in [-0.2, 0) is 28.7 Å². The van der Waals surface area contributed by atoms with E-state index in [9.17, 15) is 33.6 Å². The number of ether oxygens (including phenoxy) is 1. The zero-order valence-electron chi connectivity index (χ0n) is 33.5. The first-order chi connectivity index (χ1) is 25.2. The number of nitrogens with two attached hydrogens (primary N) is 1. The Bertz CT molecular complexity index is 1400. The molecule has 304 valence electrons. The summed E-state index contributed by atoms with van der Waals surface area (Å²) < 4.78 is 5.28. The van der Waals surface area contributed by atoms with Gasteiger partial charge in [-0.1, -0.05) is 86.6 Å². The molecule has 5 atom stereocenters. The first kappa shape index (κ1) is 44.2. The molecule has 0 bridgehead atoms. The molecule has 0 aromatic heterocycles. The van der Waals surface area contributed by atoms with Gasteiger partial charge in [0.05, 0.1) is 18.6 Å². The fraction of sp³-hybridized carbons (Fsp3) is 0.769. The summed E-state index contributed by atoms with van der Waals surface area (Å²) >= 11 is 0. The van der Waals surface area contributed by atoms with Gasteiger partial charge in [-0.2, -0.15) is 0 Å². The Hall–Kier alpha value is -4.17. The van der Waals surface area contributed by atoms with Crippen LogP contribution in [0.15, 0.2) is 12.7 Å². The van der Waals surface area contributed by atoms with Crippen molar-refractivity contribution in [2.45, 2.75) is 149 Å². The summed E-state index contributed by atoms with van der Waals surface area (Å²) in [6.45, 7) is 18.3. The maximum atomic E-state index is 14.8. The number of carbonyl (C=O) groups is 7. The molecule has 2 aliphatic heterocycles. The summed E-state index contributed by atoms with van der Waals surface area (Å²) in [5.74, 6) is -2.88. The van der Waals surface area contributed by atoms with E-state index in [2.05, 4.69) is 41.7 Å². The number of rotatable bonds is 16. The quantitative estimate of drug-likeness (QED) is 0.116. The average Bonchev–Trinajstić information content (AvgIpc) is 3.50. The van der Waals surface area contributed by atoms with E-state index in [4.69, 9.17) is 10.5 Å². The molecule has 3 aliphatic rings. The van der Waals surface area contributed by atoms with Crippen LogP contribution in [0.1, 0.15) is 119 Å². The van der Waals surface area contributed by atoms with Crippen LogP contribution in [0.2, 0.25) is 0 Å². The lowest BCUT2D eigenvalue weighted by molar-refractivity contribution is -0.144. The smallest absolute Gasteiger partial charge is 0.404 e. The van der Waals surface area contributed by atoms with Gasteiger partial charge in [-0.3, -0.25) is 24.0 Å². The predicted octanol–water partition coefficient (Wildman–Crippen LogP) is 3.30. The molecule has 0 aromatic carbocycles. The minimum Gasteiger partial charge on any atom is -0.444 e. The monoisotopic (exact) mass is 759 g/mol. The largest absolute Gasteiger partial charge is 0.444 e. The number of unbranched alkanes of at least 4 members (excludes halogenated alkanes) is 1. The molecular formula is C39H65N7O8. The van der Waals surface area contributed by atoms with Crippen molar-refractivity contribution < 1.29 is 38.3 Å². The maximum Gasteiger partial charge on any atom is 0.404 e. The average molecular weight is 760 g/mol. The lowest BCUT2D eigenvalue weighted by atomic mass is 9.70. The molecule has 1 aliphatic carbocycles. The molecule has 6 N–H and O–H groups in total. The summed E-state index contributed by atoms with van der Waals surface area (Å²) in [5, 5.41) is 11.2. The van der Waals surface area contributed by atoms with Crippen molar-refractivity contribution in [1.29, 1.82) is 0 Å². The number of hydrogen-bond acceptors (Lipinski definition) is 8. The first-order valence-electron chi connectivity index (χ1n) is 19.6. The number of piperidine rings is 1. The van der Waals surface area contributed by atoms with Gasteiger partial charge in [-0.15, -0.1) is 6.58 Å². The number of urea groups is 1. The van der Waals surface area contributed by atoms with Crippen LogP contribution in [0.25, 0.3) is 0 Å². The van der Waals surface area contributed by atoms with E-state index in [-0.39, 0.29) is 37.3 Å². The molecular weight excluding hydrogens is 694 g/mol. The first-order valence-corrected chi connectivity index (χ1v) is 19.6. The van der Waals surface area contributed by atoms with Gasteiger partial charge >= 0.3 is 12.1 Å². The standard InChI is InChI=1S/C39H65N7O8/c1-9-11-15-26(30(48)33(50)41-19-10-2)42-32(49)27-21-25(54-35(40)52)23-46(27)34(51)31(39(8)16-13-12-14-17-39)44-36(53)43-28(37(3,4)5)24-45-20-18-38(6,7)22-29(45)47/h10,25-28,31H,2,9,11-24H2,1,3-8H3,(H2,40,52)(H,41,50)(H,42,49)(H2,43,44,53)/t25-,26?,27+,28-,31-/m1/s1. The number of amides is 7. The van der Waals surface area contributed by atoms with Crippen LogP contribution < -0.4 is 27.0 Å². The minimum absolute atomic E-state index is 0.0348. The van der Waals surface area contributed by atoms with Crippen LogP contribution >= 0.6 is 0 Å². The van der Waals surface area contributed by atoms with Crippen molar-refractivity contribution in [2.24, 2.45) is 22.0 Å². The lowest BCUT2D eigenvalue weighted by Gasteiger charge is -2.43. The van der Waals surface area contributed by atoms with Crippen molar-refractivity contribution in [3.05, 3.63) is 12.7 Å². The second kappa shape index (κ2) is 18.9. The van der Waals surface area contributed by atoms with Gasteiger partial charge in [0.25, 0.3) is 5.91 Å². The van der Waals surface area contributed by atoms with Gasteiger partial charge in [-0.25, -0.2) is 9.59 Å². The number of nitrogens with one attached hydrogen (secondary N) is 4. The highest BCUT2D eigenvalue weighted by Crippen LogP contribution is 2.40. The fourth-order valence-electron chi connectivity index (χ4n) is 7.69. The number of primary amides is 1. The van der Waals surface area contributed by atoms with Gasteiger partial charge in [0.1, 0.15) is 18.2 Å². The molecule has 0 spiro atoms. The molecule has 2 saturated heterocycles. The van der Waals surface area contributed by atoms with E-state index < -0.39 is 76.7 Å². The van der Waals surface area contributed by atoms with Gasteiger partial charge in [0.15, 0.2) is 0 Å². The molecule has 0 aromatic rings. The fourth-order valence-corrected chi connectivity index (χ4v) is 7.69. The number of hydrogen-bond donors (Lipinski definition) is 5. The van der Waals surface area contributed by atoms with Gasteiger partial charge in [0.2, 0.25) is 23.5 Å². The highest BCUT2D eigenvalue weighted by molar-refractivity contribution is 6.38. The van der Waals surface area contributed by atoms with E-state index in [1.165, 1.54) is 11.0 Å². The van der Waals surface area contributed by atoms with Crippen LogP contribution in [0.5, 0.6) is 0 Å². The highest BCUT2D eigenvalue weighted by Gasteiger charge is 2.49. The maximum absolute atomic E-state index is 14.8. The third-order valence-corrected chi connectivity index (χ3v) is 11.3. The van der Waals surface area contributed by atoms with E-state index >= 15 is 0 Å². The van der Waals surface area contributed by atoms with Crippen molar-refractivity contribution in [3.8, 4) is 0 Å². The molecule has 3 fully saturated rings. The Balaban J connectivity index is 1.91. The zero-order valence-corrected chi connectivity index (χ0v) is 33.5. The summed E-state index contributed by atoms with van der Waals surface area (Å²) in [6.07, 6.45) is 6.00. The van der Waals surface area contributed by atoms with E-state index in [1.54, 1.807) is 4.90 Å². The van der Waals surface area contributed by atoms with Gasteiger partial charge in [0, 0.05) is 32.5 Å². The molecule has 15 heteroatoms. The van der Waals surface area contributed by atoms with E-state index in [0.29, 0.717) is 45.2 Å². The Morgan fingerprint density at radius 2 is 1.69 bits per heavy atom. The molecule has 15 nitrogen and oxygen atoms in total. The lowest BCUT2D eigenvalue weighted by Crippen LogP contribution is -2.63. The van der Waals surface area contributed by atoms with Crippen LogP contribution in [0.3, 0.4) is 0 Å². The minimum atomic E-state index is -1.19. The number of ketones is 1. The third kappa shape index (κ3) is 12.2. The SMILES string of the molecule is C=CCNC(=O)C(=O)C(CCCC)NC(=O)[C@@H]1C[C@@H](OC(N)=O)CN1C(=O)[C@@H](NC(=O)N[C@H](CN1CCC(C)(C)CC1=O)C(C)(C)C)C1(C)CCCCC1. The molecule has 3 rings (SSSR count). The van der Waals surface area contributed by atoms with Gasteiger partial charge in [-0.05, 0) is 41.9 Å². The predicted molar refractivity (Wildman–Crippen MR) is 204 cm³/mol. The van der Waals surface area contributed by atoms with Crippen molar-refractivity contribution in [3.63, 3.8) is 0 Å². The van der Waals surface area contributed by atoms with Gasteiger partial charge < -0.3 is 41.5 Å². The second-order valence-corrected chi connectivity index (χ2v) is 17.5. The summed E-state index contributed by atoms with van der Waals surface area (Å²) in [5.41, 5.74) is 4.14. The normalized spacial score (nSPS) is 22.6. The van der Waals surface area contributed by atoms with Crippen molar-refractivity contribution in [2.75, 3.05) is 26.2 Å². The Morgan fingerprint density at radius 3 is 2.26 bits per heavy atom. The van der Waals surface area contributed by atoms with E-state index in [0.717, 1.165) is 25.7 Å². The summed E-state index contributed by atoms with van der Waals surface area (Å²) in [7, 11) is 0. The Kier molecular flexibility index (Phi) is 15.5. The highest BCUT2D eigenvalue weighted by atomic mass is 16.6. The molecule has 1 saturated carbocycles. The zero-order chi connectivity index (χ0) is 40.4. The number of carbonyl (C=O) groups excluding carboxylic acids is 7. The van der Waals surface area contributed by atoms with E-state index in [1.807, 2.05) is 34.6 Å². The summed E-state index contributed by atoms with van der Waals surface area (Å²) in [4.78, 5) is 96.5.